The average molecular weight is 316 g/mol. The maximum absolute atomic E-state index is 13.5. The normalized spacial score (nSPS) is 19.5. The molecule has 0 spiro atoms. The molecule has 0 saturated heterocycles. The van der Waals surface area contributed by atoms with E-state index in [1.54, 1.807) is 6.07 Å². The fourth-order valence-corrected chi connectivity index (χ4v) is 3.88. The largest absolute Gasteiger partial charge is 0.301 e. The molecule has 2 saturated carbocycles. The van der Waals surface area contributed by atoms with Crippen LogP contribution in [0.15, 0.2) is 29.6 Å². The van der Waals surface area contributed by atoms with Gasteiger partial charge in [-0.1, -0.05) is 18.6 Å². The molecule has 1 heterocycles. The number of hydrogen-bond acceptors (Lipinski definition) is 3. The lowest BCUT2D eigenvalue weighted by Gasteiger charge is -2.40. The number of aromatic nitrogens is 1. The van der Waals surface area contributed by atoms with E-state index in [4.69, 9.17) is 0 Å². The summed E-state index contributed by atoms with van der Waals surface area (Å²) in [5.41, 5.74) is 1.27. The van der Waals surface area contributed by atoms with E-state index in [9.17, 15) is 9.18 Å². The molecule has 5 heteroatoms. The number of amides is 1. The first-order chi connectivity index (χ1) is 10.7. The highest BCUT2D eigenvalue weighted by atomic mass is 32.1. The van der Waals surface area contributed by atoms with Gasteiger partial charge in [-0.2, -0.15) is 0 Å². The summed E-state index contributed by atoms with van der Waals surface area (Å²) in [4.78, 5) is 17.3. The Balaban J connectivity index is 1.56. The van der Waals surface area contributed by atoms with Crippen molar-refractivity contribution in [2.75, 3.05) is 5.32 Å². The van der Waals surface area contributed by atoms with Crippen molar-refractivity contribution in [2.24, 2.45) is 0 Å². The van der Waals surface area contributed by atoms with Crippen LogP contribution in [0.4, 0.5) is 9.52 Å². The zero-order chi connectivity index (χ0) is 15.2. The zero-order valence-corrected chi connectivity index (χ0v) is 13.0. The molecule has 1 aromatic carbocycles. The minimum atomic E-state index is -0.590. The lowest BCUT2D eigenvalue weighted by atomic mass is 9.64. The van der Waals surface area contributed by atoms with Crippen molar-refractivity contribution in [3.05, 3.63) is 46.7 Å². The number of halogens is 1. The Hall–Kier alpha value is -1.75. The summed E-state index contributed by atoms with van der Waals surface area (Å²) >= 11 is 1.48. The standard InChI is InChI=1S/C17H17FN2OS/c18-13-4-1-3-12(9-13)17(7-2-8-17)15(21)20-16-19-14(10-22-16)11-5-6-11/h1,3-4,9-11H,2,5-8H2,(H,19,20,21). The maximum Gasteiger partial charge on any atom is 0.236 e. The number of benzene rings is 1. The first-order valence-corrected chi connectivity index (χ1v) is 8.58. The molecule has 0 bridgehead atoms. The Morgan fingerprint density at radius 2 is 2.18 bits per heavy atom. The van der Waals surface area contributed by atoms with Crippen LogP contribution < -0.4 is 5.32 Å². The van der Waals surface area contributed by atoms with Gasteiger partial charge < -0.3 is 5.32 Å². The molecule has 0 atom stereocenters. The van der Waals surface area contributed by atoms with Crippen molar-refractivity contribution in [1.29, 1.82) is 0 Å². The number of nitrogens with zero attached hydrogens (tertiary/aromatic N) is 1. The molecular weight excluding hydrogens is 299 g/mol. The zero-order valence-electron chi connectivity index (χ0n) is 12.1. The van der Waals surface area contributed by atoms with Gasteiger partial charge in [0.2, 0.25) is 5.91 Å². The van der Waals surface area contributed by atoms with Gasteiger partial charge in [-0.25, -0.2) is 9.37 Å². The van der Waals surface area contributed by atoms with E-state index >= 15 is 0 Å². The average Bonchev–Trinajstić information content (AvgIpc) is 3.19. The van der Waals surface area contributed by atoms with E-state index in [1.165, 1.54) is 36.3 Å². The third-order valence-electron chi connectivity index (χ3n) is 4.76. The van der Waals surface area contributed by atoms with E-state index in [0.29, 0.717) is 11.0 Å². The second-order valence-corrected chi connectivity index (χ2v) is 7.11. The van der Waals surface area contributed by atoms with Gasteiger partial charge >= 0.3 is 0 Å². The second kappa shape index (κ2) is 5.16. The van der Waals surface area contributed by atoms with Crippen LogP contribution in [0.1, 0.15) is 49.3 Å². The molecule has 22 heavy (non-hydrogen) atoms. The third kappa shape index (κ3) is 2.33. The van der Waals surface area contributed by atoms with Crippen molar-refractivity contribution in [3.8, 4) is 0 Å². The molecule has 0 aliphatic heterocycles. The number of nitrogens with one attached hydrogen (secondary N) is 1. The monoisotopic (exact) mass is 316 g/mol. The highest BCUT2D eigenvalue weighted by Crippen LogP contribution is 2.45. The number of thiazole rings is 1. The highest BCUT2D eigenvalue weighted by Gasteiger charge is 2.46. The van der Waals surface area contributed by atoms with Crippen LogP contribution in [0.5, 0.6) is 0 Å². The third-order valence-corrected chi connectivity index (χ3v) is 5.53. The number of anilines is 1. The molecular formula is C17H17FN2OS. The Bertz CT molecular complexity index is 719. The Kier molecular flexibility index (Phi) is 3.26. The topological polar surface area (TPSA) is 42.0 Å². The number of carbonyl (C=O) groups is 1. The van der Waals surface area contributed by atoms with Crippen molar-refractivity contribution < 1.29 is 9.18 Å². The molecule has 1 N–H and O–H groups in total. The van der Waals surface area contributed by atoms with Crippen LogP contribution in [0.3, 0.4) is 0 Å². The van der Waals surface area contributed by atoms with Crippen molar-refractivity contribution >= 4 is 22.4 Å². The molecule has 3 nitrogen and oxygen atoms in total. The predicted octanol–water partition coefficient (Wildman–Crippen LogP) is 4.22. The summed E-state index contributed by atoms with van der Waals surface area (Å²) in [7, 11) is 0. The van der Waals surface area contributed by atoms with Gasteiger partial charge in [-0.15, -0.1) is 11.3 Å². The SMILES string of the molecule is O=C(Nc1nc(C2CC2)cs1)C1(c2cccc(F)c2)CCC1. The maximum atomic E-state index is 13.5. The summed E-state index contributed by atoms with van der Waals surface area (Å²) in [6.45, 7) is 0. The minimum Gasteiger partial charge on any atom is -0.301 e. The molecule has 1 amide bonds. The summed E-state index contributed by atoms with van der Waals surface area (Å²) < 4.78 is 13.5. The predicted molar refractivity (Wildman–Crippen MR) is 84.6 cm³/mol. The van der Waals surface area contributed by atoms with Gasteiger partial charge in [0.1, 0.15) is 5.82 Å². The molecule has 0 radical (unpaired) electrons. The molecule has 4 rings (SSSR count). The van der Waals surface area contributed by atoms with Crippen LogP contribution in [-0.2, 0) is 10.2 Å². The van der Waals surface area contributed by atoms with Gasteiger partial charge in [0.25, 0.3) is 0 Å². The van der Waals surface area contributed by atoms with Gasteiger partial charge in [-0.05, 0) is 43.4 Å². The first kappa shape index (κ1) is 13.9. The van der Waals surface area contributed by atoms with Gasteiger partial charge in [0, 0.05) is 11.3 Å². The molecule has 2 aliphatic carbocycles. The van der Waals surface area contributed by atoms with E-state index in [2.05, 4.69) is 10.3 Å². The van der Waals surface area contributed by atoms with Crippen molar-refractivity contribution in [3.63, 3.8) is 0 Å². The second-order valence-electron chi connectivity index (χ2n) is 6.25. The molecule has 2 aliphatic rings. The Labute approximate surface area is 132 Å². The Morgan fingerprint density at radius 1 is 1.36 bits per heavy atom. The number of rotatable bonds is 4. The van der Waals surface area contributed by atoms with E-state index in [-0.39, 0.29) is 11.7 Å². The first-order valence-electron chi connectivity index (χ1n) is 7.70. The van der Waals surface area contributed by atoms with Crippen molar-refractivity contribution in [1.82, 2.24) is 4.98 Å². The molecule has 2 fully saturated rings. The van der Waals surface area contributed by atoms with Crippen LogP contribution in [0.2, 0.25) is 0 Å². The fourth-order valence-electron chi connectivity index (χ4n) is 3.09. The van der Waals surface area contributed by atoms with Gasteiger partial charge in [0.05, 0.1) is 11.1 Å². The van der Waals surface area contributed by atoms with Crippen LogP contribution in [0.25, 0.3) is 0 Å². The van der Waals surface area contributed by atoms with Gasteiger partial charge in [-0.3, -0.25) is 4.79 Å². The van der Waals surface area contributed by atoms with E-state index in [1.807, 2.05) is 11.4 Å². The fraction of sp³-hybridized carbons (Fsp3) is 0.412. The lowest BCUT2D eigenvalue weighted by Crippen LogP contribution is -2.46. The van der Waals surface area contributed by atoms with Crippen LogP contribution >= 0.6 is 11.3 Å². The number of carbonyl (C=O) groups excluding carboxylic acids is 1. The molecule has 2 aromatic rings. The summed E-state index contributed by atoms with van der Waals surface area (Å²) in [5.74, 6) is 0.241. The Morgan fingerprint density at radius 3 is 2.82 bits per heavy atom. The molecule has 1 aromatic heterocycles. The smallest absolute Gasteiger partial charge is 0.236 e. The summed E-state index contributed by atoms with van der Waals surface area (Å²) in [5, 5.41) is 5.64. The highest BCUT2D eigenvalue weighted by molar-refractivity contribution is 7.14. The van der Waals surface area contributed by atoms with Crippen LogP contribution in [0, 0.1) is 5.82 Å². The lowest BCUT2D eigenvalue weighted by molar-refractivity contribution is -0.124. The summed E-state index contributed by atoms with van der Waals surface area (Å²) in [6.07, 6.45) is 4.93. The number of hydrogen-bond donors (Lipinski definition) is 1. The molecule has 114 valence electrons. The van der Waals surface area contributed by atoms with Gasteiger partial charge in [0.15, 0.2) is 5.13 Å². The minimum absolute atomic E-state index is 0.0546. The van der Waals surface area contributed by atoms with Crippen LogP contribution in [-0.4, -0.2) is 10.9 Å². The van der Waals surface area contributed by atoms with Crippen molar-refractivity contribution in [2.45, 2.75) is 43.4 Å². The van der Waals surface area contributed by atoms with E-state index in [0.717, 1.165) is 30.5 Å². The molecule has 0 unspecified atom stereocenters. The van der Waals surface area contributed by atoms with E-state index < -0.39 is 5.41 Å². The summed E-state index contributed by atoms with van der Waals surface area (Å²) in [6, 6.07) is 6.42. The quantitative estimate of drug-likeness (QED) is 0.917.